The van der Waals surface area contributed by atoms with Crippen molar-refractivity contribution in [1.29, 1.82) is 5.26 Å². The quantitative estimate of drug-likeness (QED) is 0.201. The van der Waals surface area contributed by atoms with Gasteiger partial charge in [0.05, 0.1) is 17.8 Å². The molecule has 160 valence electrons. The number of pyridine rings is 1. The first-order valence-electron chi connectivity index (χ1n) is 10.0. The van der Waals surface area contributed by atoms with Crippen molar-refractivity contribution in [1.82, 2.24) is 15.0 Å². The molecule has 6 nitrogen and oxygen atoms in total. The van der Waals surface area contributed by atoms with Crippen LogP contribution in [-0.2, 0) is 0 Å². The molecule has 0 aliphatic rings. The Kier molecular flexibility index (Phi) is 7.05. The van der Waals surface area contributed by atoms with Crippen LogP contribution >= 0.6 is 23.4 Å². The van der Waals surface area contributed by atoms with Crippen LogP contribution in [0.2, 0.25) is 5.02 Å². The number of hydrogen-bond donors (Lipinski definition) is 1. The second-order valence-corrected chi connectivity index (χ2v) is 8.08. The molecule has 0 saturated heterocycles. The number of halogens is 1. The normalized spacial score (nSPS) is 10.7. The van der Waals surface area contributed by atoms with Gasteiger partial charge in [0.1, 0.15) is 11.6 Å². The van der Waals surface area contributed by atoms with E-state index in [1.165, 1.54) is 11.8 Å². The first-order chi connectivity index (χ1) is 15.7. The zero-order valence-electron chi connectivity index (χ0n) is 17.4. The maximum Gasteiger partial charge on any atom is 0.236 e. The summed E-state index contributed by atoms with van der Waals surface area (Å²) in [5.41, 5.74) is 3.62. The van der Waals surface area contributed by atoms with Crippen molar-refractivity contribution in [3.63, 3.8) is 0 Å². The third kappa shape index (κ3) is 4.93. The fourth-order valence-corrected chi connectivity index (χ4v) is 3.78. The molecule has 0 bridgehead atoms. The molecule has 2 aromatic carbocycles. The molecule has 2 aromatic heterocycles. The zero-order chi connectivity index (χ0) is 22.3. The lowest BCUT2D eigenvalue weighted by atomic mass is 10.1. The molecule has 32 heavy (non-hydrogen) atoms. The van der Waals surface area contributed by atoms with E-state index in [0.29, 0.717) is 40.5 Å². The number of nitriles is 1. The van der Waals surface area contributed by atoms with Gasteiger partial charge in [0.15, 0.2) is 5.16 Å². The third-order valence-corrected chi connectivity index (χ3v) is 5.56. The summed E-state index contributed by atoms with van der Waals surface area (Å²) in [6.45, 7) is 1.10. The molecule has 2 heterocycles. The molecule has 0 aliphatic carbocycles. The fraction of sp³-hybridized carbons (Fsp3) is 0.167. The van der Waals surface area contributed by atoms with Gasteiger partial charge in [-0.25, -0.2) is 4.98 Å². The Morgan fingerprint density at radius 2 is 1.97 bits per heavy atom. The number of nitrogens with zero attached hydrogens (tertiary/aromatic N) is 4. The summed E-state index contributed by atoms with van der Waals surface area (Å²) < 4.78 is 5.92. The van der Waals surface area contributed by atoms with Gasteiger partial charge in [0, 0.05) is 34.4 Å². The number of thioether (sulfide) groups is 1. The molecule has 0 atom stereocenters. The van der Waals surface area contributed by atoms with Crippen molar-refractivity contribution in [2.45, 2.75) is 11.6 Å². The van der Waals surface area contributed by atoms with Crippen LogP contribution in [0.15, 0.2) is 66.0 Å². The molecule has 0 aliphatic heterocycles. The number of anilines is 1. The maximum absolute atomic E-state index is 9.75. The molecule has 0 fully saturated rings. The molecular formula is C24H20ClN5OS. The van der Waals surface area contributed by atoms with Crippen molar-refractivity contribution >= 4 is 40.0 Å². The van der Waals surface area contributed by atoms with E-state index in [-0.39, 0.29) is 0 Å². The summed E-state index contributed by atoms with van der Waals surface area (Å²) in [5, 5.41) is 15.4. The summed E-state index contributed by atoms with van der Waals surface area (Å²) in [4.78, 5) is 13.3. The van der Waals surface area contributed by atoms with E-state index in [1.807, 2.05) is 60.9 Å². The minimum atomic E-state index is 0.315. The Morgan fingerprint density at radius 1 is 1.12 bits per heavy atom. The highest BCUT2D eigenvalue weighted by atomic mass is 35.5. The highest BCUT2D eigenvalue weighted by Gasteiger charge is 2.17. The van der Waals surface area contributed by atoms with E-state index < -0.39 is 0 Å². The van der Waals surface area contributed by atoms with Gasteiger partial charge < -0.3 is 10.1 Å². The maximum atomic E-state index is 9.75. The van der Waals surface area contributed by atoms with Crippen LogP contribution in [0.25, 0.3) is 22.2 Å². The third-order valence-electron chi connectivity index (χ3n) is 4.78. The van der Waals surface area contributed by atoms with Crippen LogP contribution < -0.4 is 10.1 Å². The SMILES string of the molecule is CSc1nc(OCCCNc2ccnc3cc(Cl)ccc23)c(C#N)c(-c2ccccc2)n1. The van der Waals surface area contributed by atoms with Gasteiger partial charge in [-0.2, -0.15) is 10.2 Å². The molecular weight excluding hydrogens is 442 g/mol. The van der Waals surface area contributed by atoms with Crippen molar-refractivity contribution in [2.24, 2.45) is 0 Å². The summed E-state index contributed by atoms with van der Waals surface area (Å²) in [6, 6.07) is 19.4. The van der Waals surface area contributed by atoms with Gasteiger partial charge in [0.25, 0.3) is 0 Å². The largest absolute Gasteiger partial charge is 0.477 e. The number of benzene rings is 2. The summed E-state index contributed by atoms with van der Waals surface area (Å²) >= 11 is 7.47. The Morgan fingerprint density at radius 3 is 2.75 bits per heavy atom. The predicted octanol–water partition coefficient (Wildman–Crippen LogP) is 5.82. The summed E-state index contributed by atoms with van der Waals surface area (Å²) in [5.74, 6) is 0.315. The molecule has 0 radical (unpaired) electrons. The van der Waals surface area contributed by atoms with Crippen LogP contribution in [0.5, 0.6) is 5.88 Å². The van der Waals surface area contributed by atoms with E-state index in [4.69, 9.17) is 16.3 Å². The molecule has 1 N–H and O–H groups in total. The first kappa shape index (κ1) is 21.9. The molecule has 8 heteroatoms. The Bertz CT molecular complexity index is 1280. The van der Waals surface area contributed by atoms with E-state index in [1.54, 1.807) is 6.20 Å². The lowest BCUT2D eigenvalue weighted by Crippen LogP contribution is -2.10. The van der Waals surface area contributed by atoms with Crippen LogP contribution in [-0.4, -0.2) is 34.4 Å². The van der Waals surface area contributed by atoms with Gasteiger partial charge in [-0.1, -0.05) is 53.7 Å². The van der Waals surface area contributed by atoms with Gasteiger partial charge in [-0.05, 0) is 36.9 Å². The van der Waals surface area contributed by atoms with Gasteiger partial charge in [-0.15, -0.1) is 0 Å². The molecule has 4 aromatic rings. The highest BCUT2D eigenvalue weighted by molar-refractivity contribution is 7.98. The van der Waals surface area contributed by atoms with Gasteiger partial charge in [0.2, 0.25) is 5.88 Å². The molecule has 0 unspecified atom stereocenters. The first-order valence-corrected chi connectivity index (χ1v) is 11.6. The molecule has 0 spiro atoms. The summed E-state index contributed by atoms with van der Waals surface area (Å²) in [7, 11) is 0. The van der Waals surface area contributed by atoms with Crippen molar-refractivity contribution in [3.05, 3.63) is 71.4 Å². The van der Waals surface area contributed by atoms with Crippen molar-refractivity contribution in [2.75, 3.05) is 24.7 Å². The average Bonchev–Trinajstić information content (AvgIpc) is 2.83. The minimum absolute atomic E-state index is 0.315. The van der Waals surface area contributed by atoms with E-state index >= 15 is 0 Å². The smallest absolute Gasteiger partial charge is 0.236 e. The van der Waals surface area contributed by atoms with Crippen LogP contribution in [0.3, 0.4) is 0 Å². The van der Waals surface area contributed by atoms with E-state index in [9.17, 15) is 5.26 Å². The molecule has 4 rings (SSSR count). The monoisotopic (exact) mass is 461 g/mol. The predicted molar refractivity (Wildman–Crippen MR) is 129 cm³/mol. The van der Waals surface area contributed by atoms with Crippen LogP contribution in [0, 0.1) is 11.3 Å². The van der Waals surface area contributed by atoms with E-state index in [0.717, 1.165) is 28.6 Å². The topological polar surface area (TPSA) is 83.7 Å². The molecule has 0 amide bonds. The standard InChI is InChI=1S/C24H20ClN5OS/c1-32-24-29-22(16-6-3-2-4-7-16)19(15-26)23(30-24)31-13-5-11-27-20-10-12-28-21-14-17(25)8-9-18(20)21/h2-4,6-10,12,14H,5,11,13H2,1H3,(H,27,28). The van der Waals surface area contributed by atoms with Crippen LogP contribution in [0.4, 0.5) is 5.69 Å². The number of nitrogens with one attached hydrogen (secondary N) is 1. The molecule has 0 saturated carbocycles. The number of aromatic nitrogens is 3. The number of ether oxygens (including phenoxy) is 1. The number of hydrogen-bond acceptors (Lipinski definition) is 7. The van der Waals surface area contributed by atoms with E-state index in [2.05, 4.69) is 26.3 Å². The Hall–Kier alpha value is -3.34. The van der Waals surface area contributed by atoms with Crippen molar-refractivity contribution in [3.8, 4) is 23.2 Å². The lowest BCUT2D eigenvalue weighted by molar-refractivity contribution is 0.299. The average molecular weight is 462 g/mol. The van der Waals surface area contributed by atoms with Crippen molar-refractivity contribution < 1.29 is 4.74 Å². The second-order valence-electron chi connectivity index (χ2n) is 6.87. The van der Waals surface area contributed by atoms with Gasteiger partial charge in [-0.3, -0.25) is 4.98 Å². The second kappa shape index (κ2) is 10.3. The lowest BCUT2D eigenvalue weighted by Gasteiger charge is -2.12. The number of fused-ring (bicyclic) bond motifs is 1. The number of rotatable bonds is 8. The highest BCUT2D eigenvalue weighted by Crippen LogP contribution is 2.29. The summed E-state index contributed by atoms with van der Waals surface area (Å²) in [6.07, 6.45) is 4.38. The minimum Gasteiger partial charge on any atom is -0.477 e. The zero-order valence-corrected chi connectivity index (χ0v) is 19.0. The fourth-order valence-electron chi connectivity index (χ4n) is 3.26. The van der Waals surface area contributed by atoms with Gasteiger partial charge >= 0.3 is 0 Å². The Balaban J connectivity index is 1.44. The van der Waals surface area contributed by atoms with Crippen LogP contribution in [0.1, 0.15) is 12.0 Å². The Labute approximate surface area is 195 Å².